The number of amides is 3. The Balaban J connectivity index is 1.45. The summed E-state index contributed by atoms with van der Waals surface area (Å²) < 4.78 is 5.49. The van der Waals surface area contributed by atoms with E-state index in [4.69, 9.17) is 4.74 Å². The Labute approximate surface area is 258 Å². The first kappa shape index (κ1) is 31.5. The second kappa shape index (κ2) is 15.2. The summed E-state index contributed by atoms with van der Waals surface area (Å²) in [6.45, 7) is 4.16. The van der Waals surface area contributed by atoms with Gasteiger partial charge >= 0.3 is 0 Å². The van der Waals surface area contributed by atoms with Crippen molar-refractivity contribution in [3.63, 3.8) is 0 Å². The molecule has 4 aromatic rings. The van der Waals surface area contributed by atoms with Crippen LogP contribution in [0.25, 0.3) is 6.08 Å². The molecule has 0 radical (unpaired) electrons. The highest BCUT2D eigenvalue weighted by Crippen LogP contribution is 2.25. The number of carbonyl (C=O) groups is 3. The normalized spacial score (nSPS) is 10.9. The van der Waals surface area contributed by atoms with Gasteiger partial charge in [0.25, 0.3) is 17.5 Å². The number of hydrogen-bond acceptors (Lipinski definition) is 7. The van der Waals surface area contributed by atoms with Crippen LogP contribution in [0.1, 0.15) is 28.4 Å². The molecule has 44 heavy (non-hydrogen) atoms. The van der Waals surface area contributed by atoms with Crippen LogP contribution in [-0.4, -0.2) is 35.0 Å². The number of hydrogen-bond donors (Lipinski definition) is 3. The lowest BCUT2D eigenvalue weighted by Crippen LogP contribution is -2.30. The third-order valence-corrected chi connectivity index (χ3v) is 7.19. The lowest BCUT2D eigenvalue weighted by Gasteiger charge is -2.12. The minimum Gasteiger partial charge on any atom is -0.494 e. The molecule has 0 aliphatic rings. The van der Waals surface area contributed by atoms with Gasteiger partial charge in [-0.15, -0.1) is 11.8 Å². The van der Waals surface area contributed by atoms with Crippen molar-refractivity contribution in [3.05, 3.63) is 130 Å². The molecule has 0 saturated carbocycles. The van der Waals surface area contributed by atoms with E-state index in [1.807, 2.05) is 6.92 Å². The van der Waals surface area contributed by atoms with Gasteiger partial charge in [-0.3, -0.25) is 24.5 Å². The van der Waals surface area contributed by atoms with Crippen molar-refractivity contribution >= 4 is 52.6 Å². The van der Waals surface area contributed by atoms with Gasteiger partial charge in [-0.1, -0.05) is 42.5 Å². The first-order chi connectivity index (χ1) is 21.2. The van der Waals surface area contributed by atoms with Crippen LogP contribution in [0.3, 0.4) is 0 Å². The highest BCUT2D eigenvalue weighted by atomic mass is 32.2. The predicted molar refractivity (Wildman–Crippen MR) is 172 cm³/mol. The third kappa shape index (κ3) is 9.04. The smallest absolute Gasteiger partial charge is 0.272 e. The second-order valence-corrected chi connectivity index (χ2v) is 10.5. The van der Waals surface area contributed by atoms with Crippen LogP contribution in [0.4, 0.5) is 17.1 Å². The van der Waals surface area contributed by atoms with E-state index >= 15 is 0 Å². The Morgan fingerprint density at radius 1 is 0.909 bits per heavy atom. The molecule has 0 fully saturated rings. The lowest BCUT2D eigenvalue weighted by molar-refractivity contribution is -0.384. The van der Waals surface area contributed by atoms with Crippen molar-refractivity contribution in [2.75, 3.05) is 23.0 Å². The van der Waals surface area contributed by atoms with Crippen molar-refractivity contribution in [1.82, 2.24) is 5.32 Å². The molecule has 0 unspecified atom stereocenters. The van der Waals surface area contributed by atoms with Crippen LogP contribution in [-0.2, 0) is 9.59 Å². The number of thioether (sulfide) groups is 1. The molecule has 0 atom stereocenters. The first-order valence-electron chi connectivity index (χ1n) is 13.6. The van der Waals surface area contributed by atoms with Crippen LogP contribution in [0.5, 0.6) is 5.75 Å². The summed E-state index contributed by atoms with van der Waals surface area (Å²) in [4.78, 5) is 50.2. The zero-order valence-corrected chi connectivity index (χ0v) is 24.9. The van der Waals surface area contributed by atoms with Gasteiger partial charge in [0.1, 0.15) is 11.4 Å². The molecule has 0 bridgehead atoms. The second-order valence-electron chi connectivity index (χ2n) is 9.46. The zero-order valence-electron chi connectivity index (χ0n) is 24.0. The van der Waals surface area contributed by atoms with E-state index in [2.05, 4.69) is 16.0 Å². The topological polar surface area (TPSA) is 140 Å². The van der Waals surface area contributed by atoms with E-state index in [9.17, 15) is 24.5 Å². The molecule has 3 N–H and O–H groups in total. The maximum atomic E-state index is 13.4. The average molecular weight is 611 g/mol. The summed E-state index contributed by atoms with van der Waals surface area (Å²) >= 11 is 1.24. The maximum Gasteiger partial charge on any atom is 0.272 e. The summed E-state index contributed by atoms with van der Waals surface area (Å²) in [6, 6.07) is 26.9. The molecule has 0 heterocycles. The number of ether oxygens (including phenoxy) is 1. The van der Waals surface area contributed by atoms with Gasteiger partial charge in [-0.05, 0) is 73.5 Å². The van der Waals surface area contributed by atoms with E-state index in [1.54, 1.807) is 97.9 Å². The van der Waals surface area contributed by atoms with Gasteiger partial charge in [-0.2, -0.15) is 0 Å². The van der Waals surface area contributed by atoms with E-state index in [-0.39, 0.29) is 23.0 Å². The molecular weight excluding hydrogens is 580 g/mol. The molecule has 4 aromatic carbocycles. The van der Waals surface area contributed by atoms with Crippen LogP contribution in [0.2, 0.25) is 0 Å². The number of aryl methyl sites for hydroxylation is 1. The van der Waals surface area contributed by atoms with Crippen molar-refractivity contribution < 1.29 is 24.0 Å². The standard InChI is InChI=1S/C33H30N4O6S/c1-3-43-27-16-13-23(14-17-27)18-30(36-32(39)24-8-5-4-6-9-24)33(40)34-25-10-7-11-28(19-25)44-21-31(38)35-29-20-26(37(41)42)15-12-22(29)2/h4-20H,3,21H2,1-2H3,(H,34,40)(H,35,38)(H,36,39)/b30-18+. The summed E-state index contributed by atoms with van der Waals surface area (Å²) in [5, 5.41) is 19.3. The molecule has 0 spiro atoms. The minimum absolute atomic E-state index is 0.0350. The van der Waals surface area contributed by atoms with Gasteiger partial charge < -0.3 is 20.7 Å². The fourth-order valence-corrected chi connectivity index (χ4v) is 4.75. The number of nitro benzene ring substituents is 1. The largest absolute Gasteiger partial charge is 0.494 e. The number of nitro groups is 1. The number of anilines is 2. The molecular formula is C33H30N4O6S. The number of nitrogens with zero attached hydrogens (tertiary/aromatic N) is 1. The summed E-state index contributed by atoms with van der Waals surface area (Å²) in [6.07, 6.45) is 1.57. The monoisotopic (exact) mass is 610 g/mol. The molecule has 3 amide bonds. The number of benzene rings is 4. The van der Waals surface area contributed by atoms with E-state index in [0.29, 0.717) is 45.3 Å². The molecule has 10 nitrogen and oxygen atoms in total. The van der Waals surface area contributed by atoms with Crippen LogP contribution in [0.15, 0.2) is 108 Å². The summed E-state index contributed by atoms with van der Waals surface area (Å²) in [5.41, 5.74) is 2.53. The van der Waals surface area contributed by atoms with Crippen LogP contribution < -0.4 is 20.7 Å². The Bertz CT molecular complexity index is 1690. The van der Waals surface area contributed by atoms with Crippen molar-refractivity contribution in [1.29, 1.82) is 0 Å². The van der Waals surface area contributed by atoms with Gasteiger partial charge in [0.15, 0.2) is 0 Å². The zero-order chi connectivity index (χ0) is 31.5. The van der Waals surface area contributed by atoms with Gasteiger partial charge in [0.05, 0.1) is 23.0 Å². The van der Waals surface area contributed by atoms with E-state index < -0.39 is 16.7 Å². The molecule has 0 aromatic heterocycles. The van der Waals surface area contributed by atoms with Crippen LogP contribution >= 0.6 is 11.8 Å². The Morgan fingerprint density at radius 3 is 2.36 bits per heavy atom. The van der Waals surface area contributed by atoms with E-state index in [0.717, 1.165) is 0 Å². The van der Waals surface area contributed by atoms with Crippen LogP contribution in [0, 0.1) is 17.0 Å². The molecule has 224 valence electrons. The number of rotatable bonds is 12. The minimum atomic E-state index is -0.538. The Morgan fingerprint density at radius 2 is 1.66 bits per heavy atom. The fourth-order valence-electron chi connectivity index (χ4n) is 3.99. The van der Waals surface area contributed by atoms with Gasteiger partial charge in [-0.25, -0.2) is 0 Å². The lowest BCUT2D eigenvalue weighted by atomic mass is 10.1. The molecule has 0 saturated heterocycles. The predicted octanol–water partition coefficient (Wildman–Crippen LogP) is 6.44. The fraction of sp³-hybridized carbons (Fsp3) is 0.121. The van der Waals surface area contributed by atoms with Crippen molar-refractivity contribution in [2.45, 2.75) is 18.7 Å². The first-order valence-corrected chi connectivity index (χ1v) is 14.6. The third-order valence-electron chi connectivity index (χ3n) is 6.20. The molecule has 11 heteroatoms. The Kier molecular flexibility index (Phi) is 10.9. The van der Waals surface area contributed by atoms with Crippen molar-refractivity contribution in [2.24, 2.45) is 0 Å². The highest BCUT2D eigenvalue weighted by molar-refractivity contribution is 8.00. The average Bonchev–Trinajstić information content (AvgIpc) is 3.02. The number of carbonyl (C=O) groups excluding carboxylic acids is 3. The number of nitrogens with one attached hydrogen (secondary N) is 3. The summed E-state index contributed by atoms with van der Waals surface area (Å²) in [5.74, 6) is -0.587. The molecule has 4 rings (SSSR count). The summed E-state index contributed by atoms with van der Waals surface area (Å²) in [7, 11) is 0. The van der Waals surface area contributed by atoms with Crippen molar-refractivity contribution in [3.8, 4) is 5.75 Å². The Hall–Kier alpha value is -5.42. The van der Waals surface area contributed by atoms with E-state index in [1.165, 1.54) is 23.9 Å². The molecule has 0 aliphatic heterocycles. The maximum absolute atomic E-state index is 13.4. The number of non-ortho nitro benzene ring substituents is 1. The van der Waals surface area contributed by atoms with Gasteiger partial charge in [0, 0.05) is 28.3 Å². The highest BCUT2D eigenvalue weighted by Gasteiger charge is 2.16. The SMILES string of the molecule is CCOc1ccc(/C=C(/NC(=O)c2ccccc2)C(=O)Nc2cccc(SCC(=O)Nc3cc([N+](=O)[O-])ccc3C)c2)cc1. The molecule has 0 aliphatic carbocycles. The quantitative estimate of drug-likeness (QED) is 0.0726. The van der Waals surface area contributed by atoms with Gasteiger partial charge in [0.2, 0.25) is 5.91 Å².